The fourth-order valence-corrected chi connectivity index (χ4v) is 2.53. The first kappa shape index (κ1) is 13.2. The monoisotopic (exact) mass is 268 g/mol. The van der Waals surface area contributed by atoms with Crippen molar-refractivity contribution in [2.24, 2.45) is 5.41 Å². The Morgan fingerprint density at radius 1 is 1.22 bits per heavy atom. The van der Waals surface area contributed by atoms with Crippen LogP contribution in [0.2, 0.25) is 5.02 Å². The molecule has 0 saturated heterocycles. The molecule has 1 aromatic rings. The summed E-state index contributed by atoms with van der Waals surface area (Å²) >= 11 is 5.79. The van der Waals surface area contributed by atoms with Gasteiger partial charge in [-0.2, -0.15) is 0 Å². The zero-order valence-corrected chi connectivity index (χ0v) is 10.9. The number of carbonyl (C=O) groups is 1. The molecule has 3 nitrogen and oxygen atoms in total. The molecule has 0 unspecified atom stereocenters. The Balaban J connectivity index is 2.01. The van der Waals surface area contributed by atoms with Gasteiger partial charge >= 0.3 is 5.97 Å². The number of carboxylic acids is 1. The summed E-state index contributed by atoms with van der Waals surface area (Å²) in [5.41, 5.74) is -0.710. The van der Waals surface area contributed by atoms with Crippen LogP contribution >= 0.6 is 11.6 Å². The Kier molecular flexibility index (Phi) is 4.12. The lowest BCUT2D eigenvalue weighted by Gasteiger charge is -2.32. The number of carboxylic acid groups (broad SMARTS) is 1. The average Bonchev–Trinajstić information content (AvgIpc) is 2.39. The molecule has 0 spiro atoms. The minimum absolute atomic E-state index is 0.240. The first-order chi connectivity index (χ1) is 8.62. The number of ether oxygens (including phenoxy) is 1. The number of rotatable bonds is 4. The molecule has 2 rings (SSSR count). The van der Waals surface area contributed by atoms with Crippen LogP contribution in [0.25, 0.3) is 0 Å². The smallest absolute Gasteiger partial charge is 0.313 e. The topological polar surface area (TPSA) is 46.5 Å². The van der Waals surface area contributed by atoms with E-state index in [4.69, 9.17) is 16.3 Å². The van der Waals surface area contributed by atoms with Gasteiger partial charge in [-0.25, -0.2) is 0 Å². The van der Waals surface area contributed by atoms with E-state index in [1.807, 2.05) is 0 Å². The molecule has 98 valence electrons. The largest absolute Gasteiger partial charge is 0.492 e. The van der Waals surface area contributed by atoms with E-state index in [2.05, 4.69) is 0 Å². The van der Waals surface area contributed by atoms with Crippen molar-refractivity contribution in [2.45, 2.75) is 32.1 Å². The summed E-state index contributed by atoms with van der Waals surface area (Å²) in [5, 5.41) is 10.1. The SMILES string of the molecule is O=C(O)C1(COc2ccc(Cl)cc2)CCCCC1. The van der Waals surface area contributed by atoms with Crippen LogP contribution in [-0.2, 0) is 4.79 Å². The normalized spacial score (nSPS) is 18.3. The summed E-state index contributed by atoms with van der Waals surface area (Å²) in [6, 6.07) is 7.01. The van der Waals surface area contributed by atoms with Crippen LogP contribution in [0.15, 0.2) is 24.3 Å². The van der Waals surface area contributed by atoms with Gasteiger partial charge in [0.2, 0.25) is 0 Å². The number of benzene rings is 1. The van der Waals surface area contributed by atoms with Gasteiger partial charge in [-0.05, 0) is 37.1 Å². The van der Waals surface area contributed by atoms with Gasteiger partial charge in [-0.15, -0.1) is 0 Å². The van der Waals surface area contributed by atoms with E-state index in [-0.39, 0.29) is 6.61 Å². The fourth-order valence-electron chi connectivity index (χ4n) is 2.40. The molecular weight excluding hydrogens is 252 g/mol. The molecule has 1 aliphatic rings. The van der Waals surface area contributed by atoms with Crippen molar-refractivity contribution in [3.8, 4) is 5.75 Å². The van der Waals surface area contributed by atoms with E-state index >= 15 is 0 Å². The van der Waals surface area contributed by atoms with Gasteiger partial charge in [0, 0.05) is 5.02 Å². The predicted molar refractivity (Wildman–Crippen MR) is 70.1 cm³/mol. The van der Waals surface area contributed by atoms with Crippen LogP contribution in [0, 0.1) is 5.41 Å². The van der Waals surface area contributed by atoms with Gasteiger partial charge in [0.25, 0.3) is 0 Å². The summed E-state index contributed by atoms with van der Waals surface area (Å²) in [6.45, 7) is 0.240. The lowest BCUT2D eigenvalue weighted by atomic mass is 9.75. The molecule has 0 atom stereocenters. The zero-order chi connectivity index (χ0) is 13.0. The summed E-state index contributed by atoms with van der Waals surface area (Å²) in [5.74, 6) is -0.0678. The van der Waals surface area contributed by atoms with E-state index in [1.165, 1.54) is 0 Å². The Hall–Kier alpha value is -1.22. The third kappa shape index (κ3) is 2.96. The van der Waals surface area contributed by atoms with E-state index < -0.39 is 11.4 Å². The highest BCUT2D eigenvalue weighted by Gasteiger charge is 2.40. The Bertz CT molecular complexity index is 408. The standard InChI is InChI=1S/C14H17ClO3/c15-11-4-6-12(7-5-11)18-10-14(13(16)17)8-2-1-3-9-14/h4-7H,1-3,8-10H2,(H,16,17). The number of aliphatic carboxylic acids is 1. The van der Waals surface area contributed by atoms with Crippen LogP contribution in [-0.4, -0.2) is 17.7 Å². The van der Waals surface area contributed by atoms with Gasteiger partial charge in [0.15, 0.2) is 0 Å². The lowest BCUT2D eigenvalue weighted by Crippen LogP contribution is -2.38. The minimum atomic E-state index is -0.740. The molecule has 1 saturated carbocycles. The maximum Gasteiger partial charge on any atom is 0.313 e. The molecule has 1 aromatic carbocycles. The van der Waals surface area contributed by atoms with Crippen LogP contribution in [0.3, 0.4) is 0 Å². The van der Waals surface area contributed by atoms with Crippen molar-refractivity contribution >= 4 is 17.6 Å². The van der Waals surface area contributed by atoms with E-state index in [9.17, 15) is 9.90 Å². The van der Waals surface area contributed by atoms with Crippen molar-refractivity contribution in [1.29, 1.82) is 0 Å². The van der Waals surface area contributed by atoms with Crippen molar-refractivity contribution in [3.63, 3.8) is 0 Å². The van der Waals surface area contributed by atoms with Crippen LogP contribution in [0.5, 0.6) is 5.75 Å². The quantitative estimate of drug-likeness (QED) is 0.904. The summed E-state index contributed by atoms with van der Waals surface area (Å²) in [7, 11) is 0. The molecule has 0 bridgehead atoms. The second kappa shape index (κ2) is 5.61. The summed E-state index contributed by atoms with van der Waals surface area (Å²) in [4.78, 5) is 11.5. The second-order valence-corrected chi connectivity index (χ2v) is 5.33. The van der Waals surface area contributed by atoms with Crippen LogP contribution in [0.1, 0.15) is 32.1 Å². The highest BCUT2D eigenvalue weighted by Crippen LogP contribution is 2.37. The number of halogens is 1. The van der Waals surface area contributed by atoms with Gasteiger partial charge < -0.3 is 9.84 Å². The molecule has 0 radical (unpaired) electrons. The molecule has 18 heavy (non-hydrogen) atoms. The molecule has 1 N–H and O–H groups in total. The fraction of sp³-hybridized carbons (Fsp3) is 0.500. The third-order valence-electron chi connectivity index (χ3n) is 3.59. The Morgan fingerprint density at radius 2 is 1.83 bits per heavy atom. The molecule has 1 aliphatic carbocycles. The zero-order valence-electron chi connectivity index (χ0n) is 10.2. The van der Waals surface area contributed by atoms with E-state index in [0.717, 1.165) is 19.3 Å². The van der Waals surface area contributed by atoms with Crippen molar-refractivity contribution in [1.82, 2.24) is 0 Å². The van der Waals surface area contributed by atoms with Gasteiger partial charge in [-0.1, -0.05) is 30.9 Å². The van der Waals surface area contributed by atoms with Gasteiger partial charge in [-0.3, -0.25) is 4.79 Å². The highest BCUT2D eigenvalue weighted by molar-refractivity contribution is 6.30. The molecule has 0 amide bonds. The maximum absolute atomic E-state index is 11.5. The Morgan fingerprint density at radius 3 is 2.39 bits per heavy atom. The molecule has 0 aromatic heterocycles. The predicted octanol–water partition coefficient (Wildman–Crippen LogP) is 3.75. The number of hydrogen-bond donors (Lipinski definition) is 1. The molecule has 4 heteroatoms. The van der Waals surface area contributed by atoms with Gasteiger partial charge in [0.1, 0.15) is 17.8 Å². The maximum atomic E-state index is 11.5. The second-order valence-electron chi connectivity index (χ2n) is 4.89. The van der Waals surface area contributed by atoms with Crippen molar-refractivity contribution < 1.29 is 14.6 Å². The Labute approximate surface area is 112 Å². The van der Waals surface area contributed by atoms with Crippen molar-refractivity contribution in [3.05, 3.63) is 29.3 Å². The average molecular weight is 269 g/mol. The molecular formula is C14H17ClO3. The molecule has 0 heterocycles. The lowest BCUT2D eigenvalue weighted by molar-refractivity contribution is -0.153. The first-order valence-corrected chi connectivity index (χ1v) is 6.62. The number of hydrogen-bond acceptors (Lipinski definition) is 2. The van der Waals surface area contributed by atoms with Crippen LogP contribution in [0.4, 0.5) is 0 Å². The molecule has 1 fully saturated rings. The molecule has 0 aliphatic heterocycles. The minimum Gasteiger partial charge on any atom is -0.492 e. The van der Waals surface area contributed by atoms with E-state index in [1.54, 1.807) is 24.3 Å². The summed E-state index contributed by atoms with van der Waals surface area (Å²) < 4.78 is 5.63. The van der Waals surface area contributed by atoms with Crippen molar-refractivity contribution in [2.75, 3.05) is 6.61 Å². The van der Waals surface area contributed by atoms with Gasteiger partial charge in [0.05, 0.1) is 0 Å². The highest BCUT2D eigenvalue weighted by atomic mass is 35.5. The van der Waals surface area contributed by atoms with Crippen LogP contribution < -0.4 is 4.74 Å². The summed E-state index contributed by atoms with van der Waals surface area (Å²) in [6.07, 6.45) is 4.47. The van der Waals surface area contributed by atoms with E-state index in [0.29, 0.717) is 23.6 Å². The third-order valence-corrected chi connectivity index (χ3v) is 3.85. The first-order valence-electron chi connectivity index (χ1n) is 6.24.